The first-order chi connectivity index (χ1) is 13.4. The van der Waals surface area contributed by atoms with Gasteiger partial charge in [-0.25, -0.2) is 0 Å². The summed E-state index contributed by atoms with van der Waals surface area (Å²) in [5.41, 5.74) is 4.75. The summed E-state index contributed by atoms with van der Waals surface area (Å²) in [6.07, 6.45) is 0. The van der Waals surface area contributed by atoms with Crippen LogP contribution >= 0.6 is 11.3 Å². The molecule has 28 heavy (non-hydrogen) atoms. The number of hydrogen-bond donors (Lipinski definition) is 1. The van der Waals surface area contributed by atoms with Crippen molar-refractivity contribution in [2.24, 2.45) is 0 Å². The van der Waals surface area contributed by atoms with Crippen LogP contribution in [0.2, 0.25) is 0 Å². The molecule has 0 aliphatic rings. The van der Waals surface area contributed by atoms with Crippen molar-refractivity contribution in [2.45, 2.75) is 33.4 Å². The molecule has 1 atom stereocenters. The van der Waals surface area contributed by atoms with Gasteiger partial charge in [-0.2, -0.15) is 5.10 Å². The van der Waals surface area contributed by atoms with E-state index in [2.05, 4.69) is 58.0 Å². The molecule has 1 unspecified atom stereocenters. The van der Waals surface area contributed by atoms with E-state index in [4.69, 9.17) is 0 Å². The Labute approximate surface area is 171 Å². The van der Waals surface area contributed by atoms with Gasteiger partial charge < -0.3 is 10.2 Å². The minimum Gasteiger partial charge on any atom is -0.350 e. The molecule has 148 valence electrons. The molecule has 0 spiro atoms. The largest absolute Gasteiger partial charge is 0.350 e. The highest BCUT2D eigenvalue weighted by molar-refractivity contribution is 7.10. The van der Waals surface area contributed by atoms with E-state index in [1.807, 2.05) is 38.7 Å². The molecule has 0 aliphatic heterocycles. The van der Waals surface area contributed by atoms with E-state index in [0.29, 0.717) is 18.7 Å². The van der Waals surface area contributed by atoms with Crippen LogP contribution in [-0.4, -0.2) is 41.2 Å². The standard InChI is InChI=1S/C22H28N4OS/c1-15-8-10-18(11-9-15)14-26-17(3)21(16(2)24-26)22(27)23-13-19(25(4)5)20-7-6-12-28-20/h6-12,19H,13-14H2,1-5H3,(H,23,27). The summed E-state index contributed by atoms with van der Waals surface area (Å²) in [5, 5.41) is 9.78. The number of aromatic nitrogens is 2. The van der Waals surface area contributed by atoms with Gasteiger partial charge in [-0.1, -0.05) is 35.9 Å². The highest BCUT2D eigenvalue weighted by Crippen LogP contribution is 2.23. The van der Waals surface area contributed by atoms with Gasteiger partial charge in [0, 0.05) is 17.1 Å². The van der Waals surface area contributed by atoms with Crippen LogP contribution in [0.25, 0.3) is 0 Å². The second-order valence-electron chi connectivity index (χ2n) is 7.39. The van der Waals surface area contributed by atoms with E-state index in [9.17, 15) is 4.79 Å². The fraction of sp³-hybridized carbons (Fsp3) is 0.364. The van der Waals surface area contributed by atoms with Crippen molar-refractivity contribution in [3.8, 4) is 0 Å². The summed E-state index contributed by atoms with van der Waals surface area (Å²) >= 11 is 1.71. The molecule has 5 nitrogen and oxygen atoms in total. The van der Waals surface area contributed by atoms with E-state index in [1.54, 1.807) is 11.3 Å². The highest BCUT2D eigenvalue weighted by atomic mass is 32.1. The molecule has 0 aliphatic carbocycles. The third-order valence-electron chi connectivity index (χ3n) is 5.01. The maximum absolute atomic E-state index is 12.9. The second kappa shape index (κ2) is 8.71. The smallest absolute Gasteiger partial charge is 0.255 e. The number of nitrogens with zero attached hydrogens (tertiary/aromatic N) is 3. The van der Waals surface area contributed by atoms with Crippen LogP contribution in [0, 0.1) is 20.8 Å². The molecule has 0 radical (unpaired) electrons. The van der Waals surface area contributed by atoms with Crippen molar-refractivity contribution in [3.05, 3.63) is 74.7 Å². The quantitative estimate of drug-likeness (QED) is 0.658. The van der Waals surface area contributed by atoms with Crippen LogP contribution in [0.15, 0.2) is 41.8 Å². The van der Waals surface area contributed by atoms with Crippen molar-refractivity contribution in [3.63, 3.8) is 0 Å². The van der Waals surface area contributed by atoms with Crippen LogP contribution < -0.4 is 5.32 Å². The number of carbonyl (C=O) groups excluding carboxylic acids is 1. The third-order valence-corrected chi connectivity index (χ3v) is 5.99. The van der Waals surface area contributed by atoms with Crippen LogP contribution in [0.3, 0.4) is 0 Å². The monoisotopic (exact) mass is 396 g/mol. The van der Waals surface area contributed by atoms with Gasteiger partial charge in [0.05, 0.1) is 23.8 Å². The maximum atomic E-state index is 12.9. The van der Waals surface area contributed by atoms with Crippen molar-refractivity contribution < 1.29 is 4.79 Å². The Bertz CT molecular complexity index is 926. The van der Waals surface area contributed by atoms with Crippen LogP contribution in [0.4, 0.5) is 0 Å². The van der Waals surface area contributed by atoms with Crippen molar-refractivity contribution >= 4 is 17.2 Å². The topological polar surface area (TPSA) is 50.2 Å². The molecule has 0 saturated heterocycles. The number of thiophene rings is 1. The third kappa shape index (κ3) is 4.51. The van der Waals surface area contributed by atoms with Gasteiger partial charge in [0.15, 0.2) is 0 Å². The molecule has 0 fully saturated rings. The number of hydrogen-bond acceptors (Lipinski definition) is 4. The lowest BCUT2D eigenvalue weighted by molar-refractivity contribution is 0.0941. The fourth-order valence-corrected chi connectivity index (χ4v) is 4.26. The molecule has 3 aromatic rings. The first kappa shape index (κ1) is 20.3. The molecular weight excluding hydrogens is 368 g/mol. The van der Waals surface area contributed by atoms with Crippen LogP contribution in [0.5, 0.6) is 0 Å². The van der Waals surface area contributed by atoms with Gasteiger partial charge in [0.1, 0.15) is 0 Å². The number of aryl methyl sites for hydroxylation is 2. The second-order valence-corrected chi connectivity index (χ2v) is 8.37. The normalized spacial score (nSPS) is 12.4. The van der Waals surface area contributed by atoms with Crippen molar-refractivity contribution in [1.82, 2.24) is 20.0 Å². The summed E-state index contributed by atoms with van der Waals surface area (Å²) in [5.74, 6) is -0.0615. The Morgan fingerprint density at radius 2 is 1.89 bits per heavy atom. The van der Waals surface area contributed by atoms with Gasteiger partial charge >= 0.3 is 0 Å². The van der Waals surface area contributed by atoms with Crippen LogP contribution in [-0.2, 0) is 6.54 Å². The van der Waals surface area contributed by atoms with Gasteiger partial charge in [-0.05, 0) is 51.9 Å². The summed E-state index contributed by atoms with van der Waals surface area (Å²) in [6.45, 7) is 7.17. The predicted octanol–water partition coefficient (Wildman–Crippen LogP) is 3.95. The Morgan fingerprint density at radius 3 is 2.50 bits per heavy atom. The van der Waals surface area contributed by atoms with Crippen molar-refractivity contribution in [2.75, 3.05) is 20.6 Å². The van der Waals surface area contributed by atoms with Gasteiger partial charge in [-0.15, -0.1) is 11.3 Å². The molecule has 0 saturated carbocycles. The lowest BCUT2D eigenvalue weighted by Crippen LogP contribution is -2.34. The lowest BCUT2D eigenvalue weighted by atomic mass is 10.1. The lowest BCUT2D eigenvalue weighted by Gasteiger charge is -2.23. The van der Waals surface area contributed by atoms with Gasteiger partial charge in [-0.3, -0.25) is 9.48 Å². The van der Waals surface area contributed by atoms with E-state index in [1.165, 1.54) is 16.0 Å². The van der Waals surface area contributed by atoms with E-state index in [0.717, 1.165) is 11.4 Å². The minimum atomic E-state index is -0.0615. The molecule has 1 N–H and O–H groups in total. The Balaban J connectivity index is 1.73. The van der Waals surface area contributed by atoms with E-state index >= 15 is 0 Å². The summed E-state index contributed by atoms with van der Waals surface area (Å²) in [7, 11) is 4.07. The Kier molecular flexibility index (Phi) is 6.31. The first-order valence-electron chi connectivity index (χ1n) is 9.44. The zero-order valence-electron chi connectivity index (χ0n) is 17.2. The number of likely N-dealkylation sites (N-methyl/N-ethyl adjacent to an activating group) is 1. The molecule has 6 heteroatoms. The minimum absolute atomic E-state index is 0.0615. The molecule has 2 heterocycles. The SMILES string of the molecule is Cc1ccc(Cn2nc(C)c(C(=O)NCC(c3cccs3)N(C)C)c2C)cc1. The number of carbonyl (C=O) groups is 1. The molecular formula is C22H28N4OS. The van der Waals surface area contributed by atoms with E-state index < -0.39 is 0 Å². The number of rotatable bonds is 7. The first-order valence-corrected chi connectivity index (χ1v) is 10.3. The fourth-order valence-electron chi connectivity index (χ4n) is 3.34. The molecule has 2 aromatic heterocycles. The average molecular weight is 397 g/mol. The Morgan fingerprint density at radius 1 is 1.18 bits per heavy atom. The summed E-state index contributed by atoms with van der Waals surface area (Å²) in [4.78, 5) is 16.3. The summed E-state index contributed by atoms with van der Waals surface area (Å²) in [6, 6.07) is 12.7. The molecule has 1 aromatic carbocycles. The summed E-state index contributed by atoms with van der Waals surface area (Å²) < 4.78 is 1.91. The molecule has 0 bridgehead atoms. The number of amides is 1. The van der Waals surface area contributed by atoms with Crippen molar-refractivity contribution in [1.29, 1.82) is 0 Å². The van der Waals surface area contributed by atoms with Crippen LogP contribution in [0.1, 0.15) is 43.8 Å². The van der Waals surface area contributed by atoms with Gasteiger partial charge in [0.25, 0.3) is 5.91 Å². The predicted molar refractivity (Wildman–Crippen MR) is 115 cm³/mol. The molecule has 3 rings (SSSR count). The number of benzene rings is 1. The maximum Gasteiger partial charge on any atom is 0.255 e. The van der Waals surface area contributed by atoms with Gasteiger partial charge in [0.2, 0.25) is 0 Å². The molecule has 1 amide bonds. The zero-order chi connectivity index (χ0) is 20.3. The van der Waals surface area contributed by atoms with E-state index in [-0.39, 0.29) is 11.9 Å². The zero-order valence-corrected chi connectivity index (χ0v) is 18.0. The highest BCUT2D eigenvalue weighted by Gasteiger charge is 2.21. The number of nitrogens with one attached hydrogen (secondary N) is 1. The average Bonchev–Trinajstić information content (AvgIpc) is 3.25. The Hall–Kier alpha value is -2.44.